The van der Waals surface area contributed by atoms with Gasteiger partial charge in [0, 0.05) is 45.3 Å². The predicted molar refractivity (Wildman–Crippen MR) is 114 cm³/mol. The van der Waals surface area contributed by atoms with E-state index in [4.69, 9.17) is 4.99 Å². The van der Waals surface area contributed by atoms with E-state index >= 15 is 0 Å². The fraction of sp³-hybridized carbons (Fsp3) is 0.682. The number of aliphatic imine (C=N–C) groups is 1. The van der Waals surface area contributed by atoms with Gasteiger partial charge in [-0.2, -0.15) is 0 Å². The summed E-state index contributed by atoms with van der Waals surface area (Å²) in [4.78, 5) is 12.4. The van der Waals surface area contributed by atoms with Gasteiger partial charge in [0.1, 0.15) is 0 Å². The van der Waals surface area contributed by atoms with Crippen LogP contribution in [0, 0.1) is 5.92 Å². The van der Waals surface area contributed by atoms with Crippen LogP contribution >= 0.6 is 0 Å². The second-order valence-electron chi connectivity index (χ2n) is 8.21. The van der Waals surface area contributed by atoms with E-state index in [1.165, 1.54) is 24.8 Å². The summed E-state index contributed by atoms with van der Waals surface area (Å²) in [5.41, 5.74) is 1.47. The Morgan fingerprint density at radius 3 is 2.52 bits per heavy atom. The average molecular weight is 372 g/mol. The monoisotopic (exact) mass is 371 g/mol. The highest BCUT2D eigenvalue weighted by Crippen LogP contribution is 2.21. The van der Waals surface area contributed by atoms with E-state index in [0.717, 1.165) is 57.7 Å². The molecule has 2 heterocycles. The smallest absolute Gasteiger partial charge is 0.193 e. The van der Waals surface area contributed by atoms with E-state index in [2.05, 4.69) is 71.4 Å². The van der Waals surface area contributed by atoms with E-state index in [0.29, 0.717) is 6.04 Å². The number of likely N-dealkylation sites (N-methyl/N-ethyl adjacent to an activating group) is 2. The van der Waals surface area contributed by atoms with Gasteiger partial charge in [0.2, 0.25) is 0 Å². The zero-order chi connectivity index (χ0) is 19.1. The van der Waals surface area contributed by atoms with Gasteiger partial charge in [-0.1, -0.05) is 30.3 Å². The Hall–Kier alpha value is -1.59. The Labute approximate surface area is 165 Å². The Morgan fingerprint density at radius 1 is 1.07 bits per heavy atom. The number of hydrogen-bond acceptors (Lipinski definition) is 3. The van der Waals surface area contributed by atoms with Gasteiger partial charge in [-0.25, -0.2) is 0 Å². The van der Waals surface area contributed by atoms with Gasteiger partial charge in [-0.3, -0.25) is 9.89 Å². The van der Waals surface area contributed by atoms with Crippen molar-refractivity contribution < 1.29 is 0 Å². The summed E-state index contributed by atoms with van der Waals surface area (Å²) in [6, 6.07) is 11.5. The standard InChI is InChI=1S/C22H37N5/c1-4-23-22(24-17-21-18-25(2)14-15-26(21)3)27-12-10-20(11-13-27)16-19-8-6-5-7-9-19/h5-9,20-21H,4,10-18H2,1-3H3,(H,23,24). The quantitative estimate of drug-likeness (QED) is 0.635. The molecule has 1 aromatic rings. The maximum atomic E-state index is 5.02. The minimum Gasteiger partial charge on any atom is -0.357 e. The minimum atomic E-state index is 0.521. The van der Waals surface area contributed by atoms with Crippen LogP contribution < -0.4 is 5.32 Å². The first-order valence-corrected chi connectivity index (χ1v) is 10.6. The lowest BCUT2D eigenvalue weighted by Crippen LogP contribution is -2.52. The van der Waals surface area contributed by atoms with Crippen molar-refractivity contribution in [1.82, 2.24) is 20.0 Å². The van der Waals surface area contributed by atoms with Crippen molar-refractivity contribution in [1.29, 1.82) is 0 Å². The largest absolute Gasteiger partial charge is 0.357 e. The maximum absolute atomic E-state index is 5.02. The van der Waals surface area contributed by atoms with Crippen molar-refractivity contribution in [3.63, 3.8) is 0 Å². The summed E-state index contributed by atoms with van der Waals surface area (Å²) in [6.07, 6.45) is 3.72. The molecule has 2 aliphatic rings. The fourth-order valence-electron chi connectivity index (χ4n) is 4.21. The van der Waals surface area contributed by atoms with Crippen molar-refractivity contribution in [3.8, 4) is 0 Å². The highest BCUT2D eigenvalue weighted by atomic mass is 15.3. The lowest BCUT2D eigenvalue weighted by atomic mass is 9.90. The van der Waals surface area contributed by atoms with Gasteiger partial charge in [0.15, 0.2) is 5.96 Å². The molecule has 1 unspecified atom stereocenters. The molecule has 2 fully saturated rings. The molecular formula is C22H37N5. The lowest BCUT2D eigenvalue weighted by Gasteiger charge is -2.38. The zero-order valence-corrected chi connectivity index (χ0v) is 17.4. The van der Waals surface area contributed by atoms with Gasteiger partial charge in [-0.15, -0.1) is 0 Å². The summed E-state index contributed by atoms with van der Waals surface area (Å²) in [5, 5.41) is 3.53. The first-order valence-electron chi connectivity index (χ1n) is 10.6. The third-order valence-electron chi connectivity index (χ3n) is 6.05. The number of guanidine groups is 1. The van der Waals surface area contributed by atoms with Crippen LogP contribution in [0.4, 0.5) is 0 Å². The summed E-state index contributed by atoms with van der Waals surface area (Å²) in [7, 11) is 4.45. The molecule has 0 amide bonds. The molecule has 1 atom stereocenters. The fourth-order valence-corrected chi connectivity index (χ4v) is 4.21. The van der Waals surface area contributed by atoms with E-state index in [1.54, 1.807) is 0 Å². The van der Waals surface area contributed by atoms with Gasteiger partial charge in [0.25, 0.3) is 0 Å². The molecule has 0 spiro atoms. The van der Waals surface area contributed by atoms with Crippen molar-refractivity contribution >= 4 is 5.96 Å². The molecule has 2 aliphatic heterocycles. The van der Waals surface area contributed by atoms with Crippen LogP contribution in [-0.4, -0.2) is 86.6 Å². The summed E-state index contributed by atoms with van der Waals surface area (Å²) >= 11 is 0. The Kier molecular flexibility index (Phi) is 7.53. The molecule has 0 bridgehead atoms. The molecule has 5 nitrogen and oxygen atoms in total. The van der Waals surface area contributed by atoms with Crippen molar-refractivity contribution in [2.24, 2.45) is 10.9 Å². The highest BCUT2D eigenvalue weighted by Gasteiger charge is 2.24. The summed E-state index contributed by atoms with van der Waals surface area (Å²) < 4.78 is 0. The summed E-state index contributed by atoms with van der Waals surface area (Å²) in [5.74, 6) is 1.90. The summed E-state index contributed by atoms with van der Waals surface area (Å²) in [6.45, 7) is 9.62. The number of piperazine rings is 1. The first kappa shape index (κ1) is 20.2. The Balaban J connectivity index is 1.53. The SMILES string of the molecule is CCNC(=NCC1CN(C)CCN1C)N1CCC(Cc2ccccc2)CC1. The van der Waals surface area contributed by atoms with E-state index < -0.39 is 0 Å². The number of likely N-dealkylation sites (tertiary alicyclic amines) is 1. The normalized spacial score (nSPS) is 23.6. The molecule has 1 aromatic carbocycles. The topological polar surface area (TPSA) is 34.1 Å². The van der Waals surface area contributed by atoms with Crippen LogP contribution in [0.25, 0.3) is 0 Å². The number of hydrogen-bond donors (Lipinski definition) is 1. The maximum Gasteiger partial charge on any atom is 0.193 e. The number of benzene rings is 1. The second-order valence-corrected chi connectivity index (χ2v) is 8.21. The van der Waals surface area contributed by atoms with Gasteiger partial charge < -0.3 is 15.1 Å². The molecule has 0 aliphatic carbocycles. The highest BCUT2D eigenvalue weighted by molar-refractivity contribution is 5.80. The number of rotatable bonds is 5. The third kappa shape index (κ3) is 5.94. The Bertz CT molecular complexity index is 580. The van der Waals surface area contributed by atoms with E-state index in [9.17, 15) is 0 Å². The van der Waals surface area contributed by atoms with E-state index in [1.807, 2.05) is 0 Å². The molecule has 0 radical (unpaired) electrons. The van der Waals surface area contributed by atoms with Gasteiger partial charge >= 0.3 is 0 Å². The first-order chi connectivity index (χ1) is 13.2. The van der Waals surface area contributed by atoms with Crippen LogP contribution in [0.5, 0.6) is 0 Å². The van der Waals surface area contributed by atoms with Crippen molar-refractivity contribution in [2.75, 3.05) is 59.9 Å². The van der Waals surface area contributed by atoms with Crippen molar-refractivity contribution in [2.45, 2.75) is 32.2 Å². The molecule has 150 valence electrons. The number of nitrogens with one attached hydrogen (secondary N) is 1. The van der Waals surface area contributed by atoms with Crippen LogP contribution in [0.2, 0.25) is 0 Å². The van der Waals surface area contributed by atoms with Crippen LogP contribution in [0.3, 0.4) is 0 Å². The molecular weight excluding hydrogens is 334 g/mol. The number of piperidine rings is 1. The second kappa shape index (κ2) is 10.1. The van der Waals surface area contributed by atoms with Crippen molar-refractivity contribution in [3.05, 3.63) is 35.9 Å². The predicted octanol–water partition coefficient (Wildman–Crippen LogP) is 2.15. The molecule has 0 aromatic heterocycles. The Morgan fingerprint density at radius 2 is 1.81 bits per heavy atom. The van der Waals surface area contributed by atoms with Crippen LogP contribution in [0.15, 0.2) is 35.3 Å². The van der Waals surface area contributed by atoms with Crippen LogP contribution in [-0.2, 0) is 6.42 Å². The number of nitrogens with zero attached hydrogens (tertiary/aromatic N) is 4. The molecule has 0 saturated carbocycles. The lowest BCUT2D eigenvalue weighted by molar-refractivity contribution is 0.119. The molecule has 27 heavy (non-hydrogen) atoms. The minimum absolute atomic E-state index is 0.521. The zero-order valence-electron chi connectivity index (χ0n) is 17.4. The van der Waals surface area contributed by atoms with Gasteiger partial charge in [-0.05, 0) is 51.8 Å². The molecule has 2 saturated heterocycles. The third-order valence-corrected chi connectivity index (χ3v) is 6.05. The average Bonchev–Trinajstić information content (AvgIpc) is 2.69. The molecule has 3 rings (SSSR count). The van der Waals surface area contributed by atoms with Crippen LogP contribution in [0.1, 0.15) is 25.3 Å². The van der Waals surface area contributed by atoms with E-state index in [-0.39, 0.29) is 0 Å². The molecule has 1 N–H and O–H groups in total. The molecule has 5 heteroatoms. The van der Waals surface area contributed by atoms with Gasteiger partial charge in [0.05, 0.1) is 6.54 Å².